The largest absolute Gasteiger partial charge is 0.665 e. The van der Waals surface area contributed by atoms with Gasteiger partial charge in [0.1, 0.15) is 4.91 Å². The summed E-state index contributed by atoms with van der Waals surface area (Å²) in [5.74, 6) is 0. The molecule has 33 heavy (non-hydrogen) atoms. The Bertz CT molecular complexity index is 1220. The van der Waals surface area contributed by atoms with E-state index in [2.05, 4.69) is 69.8 Å². The first kappa shape index (κ1) is 23.9. The first-order valence-electron chi connectivity index (χ1n) is 9.65. The predicted molar refractivity (Wildman–Crippen MR) is 131 cm³/mol. The topological polar surface area (TPSA) is 117 Å². The van der Waals surface area contributed by atoms with E-state index in [0.29, 0.717) is 0 Å². The van der Waals surface area contributed by atoms with E-state index in [1.54, 1.807) is 24.8 Å². The van der Waals surface area contributed by atoms with Crippen LogP contribution in [0.1, 0.15) is 0 Å². The summed E-state index contributed by atoms with van der Waals surface area (Å²) in [7, 11) is 0. The van der Waals surface area contributed by atoms with Crippen molar-refractivity contribution in [3.8, 4) is 0 Å². The monoisotopic (exact) mass is 632 g/mol. The molecule has 6 rings (SSSR count). The molecule has 0 saturated heterocycles. The fraction of sp³-hybridized carbons (Fsp3) is 0. The Kier molecular flexibility index (Phi) is 8.08. The molecule has 0 bridgehead atoms. The molecule has 8 nitrogen and oxygen atoms in total. The maximum absolute atomic E-state index is 8.47. The van der Waals surface area contributed by atoms with Crippen LogP contribution in [0.25, 0.3) is 45.6 Å². The summed E-state index contributed by atoms with van der Waals surface area (Å²) in [4.78, 5) is 8.47. The maximum atomic E-state index is 8.47. The molecular formula is C24H18N5O3Pb-3. The second-order valence-corrected chi connectivity index (χ2v) is 6.68. The van der Waals surface area contributed by atoms with Gasteiger partial charge in [-0.25, -0.2) is 10.4 Å². The number of fused-ring (bicyclic) bond motifs is 6. The number of hydrogen-bond acceptors (Lipinski definition) is 1. The van der Waals surface area contributed by atoms with Gasteiger partial charge in [-0.05, 0) is 20.9 Å². The molecule has 0 unspecified atom stereocenters. The molecule has 0 spiro atoms. The fourth-order valence-corrected chi connectivity index (χ4v) is 3.36. The van der Waals surface area contributed by atoms with E-state index >= 15 is 0 Å². The first-order valence-corrected chi connectivity index (χ1v) is 9.65. The minimum Gasteiger partial charge on any atom is -0.665 e. The first-order chi connectivity index (χ1) is 15.6. The van der Waals surface area contributed by atoms with Crippen LogP contribution >= 0.6 is 0 Å². The maximum Gasteiger partial charge on any atom is 0.472 e. The molecule has 4 radical (unpaired) electrons. The van der Waals surface area contributed by atoms with Crippen molar-refractivity contribution < 1.29 is 15.5 Å². The molecule has 4 aliphatic rings. The molecule has 4 heterocycles. The molecular weight excluding hydrogens is 613 g/mol. The Morgan fingerprint density at radius 1 is 0.515 bits per heavy atom. The number of nitrogens with zero attached hydrogens (tertiary/aromatic N) is 5. The molecule has 164 valence electrons. The quantitative estimate of drug-likeness (QED) is 0.341. The zero-order chi connectivity index (χ0) is 22.3. The average molecular weight is 632 g/mol. The van der Waals surface area contributed by atoms with Crippen LogP contribution in [0.4, 0.5) is 22.7 Å². The van der Waals surface area contributed by atoms with Crippen molar-refractivity contribution in [3.05, 3.63) is 120 Å². The van der Waals surface area contributed by atoms with Gasteiger partial charge >= 0.3 is 5.09 Å². The van der Waals surface area contributed by atoms with Crippen LogP contribution in [-0.4, -0.2) is 42.8 Å². The van der Waals surface area contributed by atoms with Gasteiger partial charge in [-0.2, -0.15) is 24.8 Å². The van der Waals surface area contributed by atoms with Gasteiger partial charge in [0.2, 0.25) is 0 Å². The number of rotatable bonds is 0. The Balaban J connectivity index is 0.000000156. The van der Waals surface area contributed by atoms with Crippen molar-refractivity contribution in [2.24, 2.45) is 0 Å². The number of hydrogen-bond donors (Lipinski definition) is 2. The van der Waals surface area contributed by atoms with E-state index in [0.717, 1.165) is 43.6 Å². The Morgan fingerprint density at radius 3 is 0.939 bits per heavy atom. The third-order valence-corrected chi connectivity index (χ3v) is 4.69. The minimum absolute atomic E-state index is 0. The average Bonchev–Trinajstić information content (AvgIpc) is 2.84. The van der Waals surface area contributed by atoms with Gasteiger partial charge in [-0.3, -0.25) is 0 Å². The molecule has 2 aromatic carbocycles. The third-order valence-electron chi connectivity index (χ3n) is 4.69. The van der Waals surface area contributed by atoms with Crippen LogP contribution in [0.2, 0.25) is 0 Å². The van der Waals surface area contributed by atoms with Crippen molar-refractivity contribution >= 4 is 74.4 Å². The molecule has 4 aliphatic heterocycles. The Hall–Kier alpha value is -3.80. The molecule has 0 aliphatic carbocycles. The zero-order valence-corrected chi connectivity index (χ0v) is 21.2. The minimum atomic E-state index is -1.25. The van der Waals surface area contributed by atoms with Crippen LogP contribution in [0, 0.1) is 4.91 Å². The van der Waals surface area contributed by atoms with E-state index in [9.17, 15) is 0 Å². The summed E-state index contributed by atoms with van der Waals surface area (Å²) in [5.41, 5.74) is 3.91. The predicted octanol–water partition coefficient (Wildman–Crippen LogP) is 3.79. The van der Waals surface area contributed by atoms with Crippen LogP contribution in [0.5, 0.6) is 0 Å². The number of benzene rings is 2. The molecule has 0 amide bonds. The van der Waals surface area contributed by atoms with Crippen molar-refractivity contribution in [3.63, 3.8) is 0 Å². The van der Waals surface area contributed by atoms with Crippen molar-refractivity contribution in [1.29, 1.82) is 0 Å². The standard InChI is InChI=1S/2C12H8N2.H2NO3.Pb/c2*1-3-9-5-6-10-4-2-8-14-12(10)11(9)13-7-1;2-1(3)4;/h2*1-8H;(H2,2,3,4);/q2*-2;+1;. The van der Waals surface area contributed by atoms with Crippen molar-refractivity contribution in [2.75, 3.05) is 0 Å². The molecule has 2 N–H and O–H groups in total. The van der Waals surface area contributed by atoms with E-state index in [1.807, 2.05) is 24.3 Å². The second-order valence-electron chi connectivity index (χ2n) is 6.68. The summed E-state index contributed by atoms with van der Waals surface area (Å²) in [5, 5.41) is 34.5. The van der Waals surface area contributed by atoms with Crippen molar-refractivity contribution in [2.45, 2.75) is 0 Å². The van der Waals surface area contributed by atoms with E-state index in [4.69, 9.17) is 15.3 Å². The van der Waals surface area contributed by atoms with Gasteiger partial charge in [-0.1, -0.05) is 72.9 Å². The zero-order valence-electron chi connectivity index (χ0n) is 17.3. The van der Waals surface area contributed by atoms with Gasteiger partial charge in [-0.15, -0.1) is 22.7 Å². The molecule has 0 saturated carbocycles. The van der Waals surface area contributed by atoms with E-state index in [-0.39, 0.29) is 27.3 Å². The SMILES string of the molecule is C1=C[N-]c2c3c(ccc2=C1)=CC=C[N-]3.C1=C[N-]c2c3c(ccc2=C1)=CC=C[N-]3.O=[N+](O)O.[Pb]. The summed E-state index contributed by atoms with van der Waals surface area (Å²) < 4.78 is 0. The summed E-state index contributed by atoms with van der Waals surface area (Å²) in [6.07, 6.45) is 23.2. The van der Waals surface area contributed by atoms with Crippen LogP contribution in [0.3, 0.4) is 0 Å². The van der Waals surface area contributed by atoms with Gasteiger partial charge in [0.05, 0.1) is 0 Å². The number of allylic oxidation sites excluding steroid dienone is 4. The summed E-state index contributed by atoms with van der Waals surface area (Å²) in [6, 6.07) is 8.30. The summed E-state index contributed by atoms with van der Waals surface area (Å²) >= 11 is 0. The summed E-state index contributed by atoms with van der Waals surface area (Å²) in [6.45, 7) is 0. The third kappa shape index (κ3) is 5.72. The second kappa shape index (κ2) is 11.2. The van der Waals surface area contributed by atoms with Crippen molar-refractivity contribution in [1.82, 2.24) is 0 Å². The van der Waals surface area contributed by atoms with E-state index < -0.39 is 5.09 Å². The Morgan fingerprint density at radius 2 is 0.727 bits per heavy atom. The van der Waals surface area contributed by atoms with E-state index in [1.165, 1.54) is 0 Å². The van der Waals surface area contributed by atoms with Gasteiger partial charge in [0.25, 0.3) is 0 Å². The fourth-order valence-electron chi connectivity index (χ4n) is 3.36. The molecule has 0 aromatic heterocycles. The van der Waals surface area contributed by atoms with Crippen LogP contribution < -0.4 is 20.9 Å². The van der Waals surface area contributed by atoms with Gasteiger partial charge < -0.3 is 21.3 Å². The van der Waals surface area contributed by atoms with Gasteiger partial charge in [0.15, 0.2) is 0 Å². The molecule has 0 fully saturated rings. The molecule has 9 heteroatoms. The smallest absolute Gasteiger partial charge is 0.472 e. The van der Waals surface area contributed by atoms with Crippen LogP contribution in [0.15, 0.2) is 73.4 Å². The molecule has 0 atom stereocenters. The molecule has 2 aromatic rings. The normalized spacial score (nSPS) is 13.8. The Labute approximate surface area is 209 Å². The van der Waals surface area contributed by atoms with Gasteiger partial charge in [0, 0.05) is 27.3 Å². The van der Waals surface area contributed by atoms with Crippen LogP contribution in [-0.2, 0) is 0 Å².